The summed E-state index contributed by atoms with van der Waals surface area (Å²) in [4.78, 5) is 24.4. The molecule has 7 heteroatoms. The summed E-state index contributed by atoms with van der Waals surface area (Å²) in [6.45, 7) is 1.59. The first-order chi connectivity index (χ1) is 11.4. The minimum Gasteiger partial charge on any atom is -0.481 e. The molecule has 2 rings (SSSR count). The maximum Gasteiger partial charge on any atom is 0.273 e. The zero-order chi connectivity index (χ0) is 17.7. The zero-order valence-electron chi connectivity index (χ0n) is 13.7. The number of ether oxygens (including phenoxy) is 1. The van der Waals surface area contributed by atoms with Gasteiger partial charge < -0.3 is 15.0 Å². The highest BCUT2D eigenvalue weighted by Crippen LogP contribution is 2.21. The van der Waals surface area contributed by atoms with Crippen molar-refractivity contribution in [2.75, 3.05) is 24.3 Å². The van der Waals surface area contributed by atoms with Crippen LogP contribution in [0.5, 0.6) is 5.75 Å². The number of hydrogen-bond acceptors (Lipinski definition) is 5. The lowest BCUT2D eigenvalue weighted by molar-refractivity contribution is -0.384. The first-order valence-electron chi connectivity index (χ1n) is 7.36. The maximum absolute atomic E-state index is 12.2. The van der Waals surface area contributed by atoms with Gasteiger partial charge in [0.2, 0.25) is 0 Å². The van der Waals surface area contributed by atoms with E-state index in [2.05, 4.69) is 5.32 Å². The first-order valence-corrected chi connectivity index (χ1v) is 7.36. The lowest BCUT2D eigenvalue weighted by atomic mass is 10.2. The molecule has 24 heavy (non-hydrogen) atoms. The second kappa shape index (κ2) is 7.45. The van der Waals surface area contributed by atoms with Crippen molar-refractivity contribution in [2.45, 2.75) is 13.0 Å². The van der Waals surface area contributed by atoms with Gasteiger partial charge in [-0.15, -0.1) is 0 Å². The number of nitrogens with zero attached hydrogens (tertiary/aromatic N) is 2. The van der Waals surface area contributed by atoms with Crippen LogP contribution in [0.25, 0.3) is 0 Å². The topological polar surface area (TPSA) is 84.7 Å². The van der Waals surface area contributed by atoms with E-state index in [4.69, 9.17) is 4.74 Å². The van der Waals surface area contributed by atoms with Crippen LogP contribution in [-0.4, -0.2) is 31.0 Å². The summed E-state index contributed by atoms with van der Waals surface area (Å²) in [5, 5.41) is 13.5. The Hall–Kier alpha value is -3.09. The molecule has 0 fully saturated rings. The van der Waals surface area contributed by atoms with Crippen LogP contribution in [-0.2, 0) is 4.79 Å². The van der Waals surface area contributed by atoms with Gasteiger partial charge >= 0.3 is 0 Å². The molecule has 7 nitrogen and oxygen atoms in total. The highest BCUT2D eigenvalue weighted by atomic mass is 16.6. The highest BCUT2D eigenvalue weighted by molar-refractivity contribution is 5.94. The third-order valence-electron chi connectivity index (χ3n) is 3.36. The van der Waals surface area contributed by atoms with Crippen LogP contribution in [0.1, 0.15) is 6.92 Å². The number of benzene rings is 2. The Morgan fingerprint density at radius 1 is 1.21 bits per heavy atom. The quantitative estimate of drug-likeness (QED) is 0.650. The molecule has 0 spiro atoms. The molecule has 0 radical (unpaired) electrons. The van der Waals surface area contributed by atoms with Crippen LogP contribution in [0.2, 0.25) is 0 Å². The molecule has 0 heterocycles. The van der Waals surface area contributed by atoms with E-state index >= 15 is 0 Å². The number of amides is 1. The average Bonchev–Trinajstić information content (AvgIpc) is 2.55. The average molecular weight is 329 g/mol. The van der Waals surface area contributed by atoms with E-state index in [1.165, 1.54) is 18.2 Å². The van der Waals surface area contributed by atoms with E-state index < -0.39 is 11.0 Å². The van der Waals surface area contributed by atoms with Gasteiger partial charge in [0, 0.05) is 31.5 Å². The Morgan fingerprint density at radius 3 is 2.46 bits per heavy atom. The van der Waals surface area contributed by atoms with Crippen molar-refractivity contribution < 1.29 is 14.5 Å². The fraction of sp³-hybridized carbons (Fsp3) is 0.235. The Morgan fingerprint density at radius 2 is 1.88 bits per heavy atom. The van der Waals surface area contributed by atoms with Crippen LogP contribution in [0.3, 0.4) is 0 Å². The van der Waals surface area contributed by atoms with Crippen LogP contribution < -0.4 is 15.0 Å². The third-order valence-corrected chi connectivity index (χ3v) is 3.36. The number of anilines is 2. The number of non-ortho nitro benzene ring substituents is 1. The van der Waals surface area contributed by atoms with Gasteiger partial charge in [-0.25, -0.2) is 0 Å². The number of nitro groups is 1. The number of nitro benzene ring substituents is 1. The van der Waals surface area contributed by atoms with E-state index in [-0.39, 0.29) is 17.3 Å². The summed E-state index contributed by atoms with van der Waals surface area (Å²) in [5.41, 5.74) is 1.59. The van der Waals surface area contributed by atoms with Gasteiger partial charge in [-0.1, -0.05) is 6.07 Å². The van der Waals surface area contributed by atoms with Crippen molar-refractivity contribution in [1.82, 2.24) is 0 Å². The van der Waals surface area contributed by atoms with E-state index in [0.717, 1.165) is 5.69 Å². The molecule has 0 aliphatic carbocycles. The lowest BCUT2D eigenvalue weighted by Crippen LogP contribution is -2.30. The van der Waals surface area contributed by atoms with Crippen LogP contribution in [0, 0.1) is 10.1 Å². The van der Waals surface area contributed by atoms with Crippen LogP contribution in [0.15, 0.2) is 48.5 Å². The number of hydrogen-bond donors (Lipinski definition) is 1. The molecule has 2 aromatic rings. The molecule has 0 aliphatic rings. The summed E-state index contributed by atoms with van der Waals surface area (Å²) in [5.74, 6) is -0.0612. The van der Waals surface area contributed by atoms with Gasteiger partial charge in [-0.3, -0.25) is 14.9 Å². The van der Waals surface area contributed by atoms with Crippen molar-refractivity contribution in [3.63, 3.8) is 0 Å². The van der Waals surface area contributed by atoms with Crippen molar-refractivity contribution in [3.8, 4) is 5.75 Å². The van der Waals surface area contributed by atoms with E-state index in [0.29, 0.717) is 5.69 Å². The molecular formula is C17H19N3O4. The molecule has 0 bridgehead atoms. The fourth-order valence-electron chi connectivity index (χ4n) is 2.01. The smallest absolute Gasteiger partial charge is 0.273 e. The normalized spacial score (nSPS) is 11.5. The largest absolute Gasteiger partial charge is 0.481 e. The van der Waals surface area contributed by atoms with Gasteiger partial charge in [0.05, 0.1) is 11.0 Å². The van der Waals surface area contributed by atoms with Gasteiger partial charge in [0.25, 0.3) is 11.6 Å². The summed E-state index contributed by atoms with van der Waals surface area (Å²) in [6, 6.07) is 13.1. The molecule has 0 aliphatic heterocycles. The Kier molecular flexibility index (Phi) is 5.36. The Balaban J connectivity index is 1.99. The molecule has 1 atom stereocenters. The first kappa shape index (κ1) is 17.3. The molecule has 1 amide bonds. The minimum absolute atomic E-state index is 0.0839. The summed E-state index contributed by atoms with van der Waals surface area (Å²) in [7, 11) is 3.87. The standard InChI is InChI=1S/C17H19N3O4/c1-12(24-16-6-4-5-15(11-16)20(22)23)17(21)18-13-7-9-14(10-8-13)19(2)3/h4-12H,1-3H3,(H,18,21)/t12-/m1/s1. The van der Waals surface area contributed by atoms with Crippen molar-refractivity contribution >= 4 is 23.0 Å². The second-order valence-corrected chi connectivity index (χ2v) is 5.45. The van der Waals surface area contributed by atoms with Crippen LogP contribution in [0.4, 0.5) is 17.1 Å². The number of carbonyl (C=O) groups is 1. The number of rotatable bonds is 6. The van der Waals surface area contributed by atoms with Crippen LogP contribution >= 0.6 is 0 Å². The fourth-order valence-corrected chi connectivity index (χ4v) is 2.01. The highest BCUT2D eigenvalue weighted by Gasteiger charge is 2.16. The molecule has 2 aromatic carbocycles. The predicted molar refractivity (Wildman–Crippen MR) is 92.6 cm³/mol. The molecule has 0 saturated heterocycles. The molecule has 0 aromatic heterocycles. The number of carbonyl (C=O) groups excluding carboxylic acids is 1. The lowest BCUT2D eigenvalue weighted by Gasteiger charge is -2.16. The van der Waals surface area contributed by atoms with E-state index in [1.54, 1.807) is 25.1 Å². The molecule has 0 saturated carbocycles. The van der Waals surface area contributed by atoms with Crippen molar-refractivity contribution in [1.29, 1.82) is 0 Å². The SMILES string of the molecule is C[C@@H](Oc1cccc([N+](=O)[O-])c1)C(=O)Nc1ccc(N(C)C)cc1. The van der Waals surface area contributed by atoms with Gasteiger partial charge in [0.1, 0.15) is 5.75 Å². The monoisotopic (exact) mass is 329 g/mol. The van der Waals surface area contributed by atoms with Gasteiger partial charge in [-0.2, -0.15) is 0 Å². The summed E-state index contributed by atoms with van der Waals surface area (Å²) < 4.78 is 5.48. The van der Waals surface area contributed by atoms with E-state index in [1.807, 2.05) is 31.1 Å². The minimum atomic E-state index is -0.791. The number of nitrogens with one attached hydrogen (secondary N) is 1. The van der Waals surface area contributed by atoms with Crippen molar-refractivity contribution in [2.24, 2.45) is 0 Å². The molecule has 1 N–H and O–H groups in total. The summed E-state index contributed by atoms with van der Waals surface area (Å²) in [6.07, 6.45) is -0.791. The van der Waals surface area contributed by atoms with E-state index in [9.17, 15) is 14.9 Å². The molecule has 0 unspecified atom stereocenters. The molecular weight excluding hydrogens is 310 g/mol. The Bertz CT molecular complexity index is 729. The summed E-state index contributed by atoms with van der Waals surface area (Å²) >= 11 is 0. The van der Waals surface area contributed by atoms with Gasteiger partial charge in [0.15, 0.2) is 6.10 Å². The zero-order valence-corrected chi connectivity index (χ0v) is 13.7. The van der Waals surface area contributed by atoms with Gasteiger partial charge in [-0.05, 0) is 37.3 Å². The molecule has 126 valence electrons. The predicted octanol–water partition coefficient (Wildman–Crippen LogP) is 3.07. The second-order valence-electron chi connectivity index (χ2n) is 5.45. The maximum atomic E-state index is 12.2. The van der Waals surface area contributed by atoms with Crippen molar-refractivity contribution in [3.05, 3.63) is 58.6 Å². The third kappa shape index (κ3) is 4.45. The Labute approximate surface area is 140 Å².